The molecular formula is C14H12ClN5OS2. The van der Waals surface area contributed by atoms with E-state index in [-0.39, 0.29) is 12.3 Å². The Morgan fingerprint density at radius 3 is 2.83 bits per heavy atom. The van der Waals surface area contributed by atoms with Crippen LogP contribution in [-0.4, -0.2) is 20.9 Å². The first-order valence-corrected chi connectivity index (χ1v) is 8.71. The van der Waals surface area contributed by atoms with E-state index >= 15 is 0 Å². The van der Waals surface area contributed by atoms with Crippen LogP contribution in [0.25, 0.3) is 0 Å². The molecule has 0 fully saturated rings. The molecule has 3 aromatic heterocycles. The van der Waals surface area contributed by atoms with Crippen molar-refractivity contribution >= 4 is 56.3 Å². The Hall–Kier alpha value is -2.03. The lowest BCUT2D eigenvalue weighted by Crippen LogP contribution is -2.14. The smallest absolute Gasteiger partial charge is 0.232 e. The molecular weight excluding hydrogens is 354 g/mol. The molecule has 0 aliphatic rings. The van der Waals surface area contributed by atoms with Crippen LogP contribution >= 0.6 is 34.3 Å². The van der Waals surface area contributed by atoms with Gasteiger partial charge < -0.3 is 10.6 Å². The molecule has 0 atom stereocenters. The van der Waals surface area contributed by atoms with Crippen molar-refractivity contribution in [1.82, 2.24) is 15.0 Å². The number of anilines is 3. The minimum atomic E-state index is -0.138. The summed E-state index contributed by atoms with van der Waals surface area (Å²) in [5.41, 5.74) is 0.692. The molecule has 3 heterocycles. The van der Waals surface area contributed by atoms with Gasteiger partial charge in [0, 0.05) is 22.7 Å². The third-order valence-electron chi connectivity index (χ3n) is 2.72. The number of aromatic nitrogens is 3. The molecule has 0 saturated carbocycles. The first kappa shape index (κ1) is 15.9. The molecule has 0 spiro atoms. The van der Waals surface area contributed by atoms with Crippen molar-refractivity contribution in [2.75, 3.05) is 10.6 Å². The number of hydrogen-bond donors (Lipinski definition) is 2. The fourth-order valence-corrected chi connectivity index (χ4v) is 3.25. The number of amides is 1. The van der Waals surface area contributed by atoms with Gasteiger partial charge in [-0.25, -0.2) is 15.0 Å². The average Bonchev–Trinajstić information content (AvgIpc) is 3.11. The van der Waals surface area contributed by atoms with E-state index in [4.69, 9.17) is 11.6 Å². The number of rotatable bonds is 5. The van der Waals surface area contributed by atoms with Gasteiger partial charge in [-0.15, -0.1) is 22.7 Å². The van der Waals surface area contributed by atoms with E-state index in [1.807, 2.05) is 12.3 Å². The Morgan fingerprint density at radius 2 is 2.13 bits per heavy atom. The maximum Gasteiger partial charge on any atom is 0.232 e. The van der Waals surface area contributed by atoms with Gasteiger partial charge in [-0.05, 0) is 19.1 Å². The van der Waals surface area contributed by atoms with E-state index in [2.05, 4.69) is 25.6 Å². The fraction of sp³-hybridized carbons (Fsp3) is 0.143. The number of carbonyl (C=O) groups excluding carboxylic acids is 1. The number of aryl methyl sites for hydroxylation is 1. The molecule has 0 aromatic carbocycles. The van der Waals surface area contributed by atoms with Crippen LogP contribution in [0.4, 0.5) is 16.1 Å². The molecule has 0 aliphatic carbocycles. The largest absolute Gasteiger partial charge is 0.316 e. The predicted octanol–water partition coefficient (Wildman–Crippen LogP) is 3.88. The Balaban J connectivity index is 1.58. The average molecular weight is 366 g/mol. The highest BCUT2D eigenvalue weighted by Crippen LogP contribution is 2.21. The van der Waals surface area contributed by atoms with Crippen LogP contribution in [0.1, 0.15) is 10.6 Å². The molecule has 2 N–H and O–H groups in total. The maximum absolute atomic E-state index is 12.0. The molecule has 0 bridgehead atoms. The summed E-state index contributed by atoms with van der Waals surface area (Å²) in [5.74, 6) is 0.513. The minimum absolute atomic E-state index is 0.138. The molecule has 3 rings (SSSR count). The summed E-state index contributed by atoms with van der Waals surface area (Å²) in [4.78, 5) is 25.6. The standard InChI is InChI=1S/C14H12ClN5OS2/c1-8-5-17-13(23-8)20-12(21)4-10-7-22-14(18-10)19-11-3-2-9(15)6-16-11/h2-3,5-7H,4H2,1H3,(H,16,18,19)(H,17,20,21). The van der Waals surface area contributed by atoms with Crippen molar-refractivity contribution in [3.63, 3.8) is 0 Å². The molecule has 3 aromatic rings. The Morgan fingerprint density at radius 1 is 1.26 bits per heavy atom. The number of pyridine rings is 1. The zero-order valence-corrected chi connectivity index (χ0v) is 14.4. The van der Waals surface area contributed by atoms with Crippen molar-refractivity contribution in [3.05, 3.63) is 45.5 Å². The second kappa shape index (κ2) is 7.03. The lowest BCUT2D eigenvalue weighted by atomic mass is 10.3. The highest BCUT2D eigenvalue weighted by atomic mass is 35.5. The maximum atomic E-state index is 12.0. The summed E-state index contributed by atoms with van der Waals surface area (Å²) < 4.78 is 0. The van der Waals surface area contributed by atoms with E-state index in [0.29, 0.717) is 26.8 Å². The molecule has 118 valence electrons. The van der Waals surface area contributed by atoms with E-state index < -0.39 is 0 Å². The topological polar surface area (TPSA) is 79.8 Å². The number of halogens is 1. The Kier molecular flexibility index (Phi) is 4.85. The predicted molar refractivity (Wildman–Crippen MR) is 93.8 cm³/mol. The highest BCUT2D eigenvalue weighted by molar-refractivity contribution is 7.15. The van der Waals surface area contributed by atoms with Gasteiger partial charge >= 0.3 is 0 Å². The van der Waals surface area contributed by atoms with Gasteiger partial charge in [-0.1, -0.05) is 11.6 Å². The van der Waals surface area contributed by atoms with Crippen LogP contribution in [0.5, 0.6) is 0 Å². The van der Waals surface area contributed by atoms with Crippen LogP contribution in [0.2, 0.25) is 5.02 Å². The lowest BCUT2D eigenvalue weighted by molar-refractivity contribution is -0.115. The molecule has 23 heavy (non-hydrogen) atoms. The van der Waals surface area contributed by atoms with Crippen molar-refractivity contribution < 1.29 is 4.79 Å². The molecule has 0 aliphatic heterocycles. The van der Waals surface area contributed by atoms with Crippen LogP contribution in [-0.2, 0) is 11.2 Å². The van der Waals surface area contributed by atoms with E-state index in [0.717, 1.165) is 4.88 Å². The molecule has 0 radical (unpaired) electrons. The number of hydrogen-bond acceptors (Lipinski definition) is 7. The van der Waals surface area contributed by atoms with Crippen molar-refractivity contribution in [3.8, 4) is 0 Å². The van der Waals surface area contributed by atoms with Gasteiger partial charge in [0.25, 0.3) is 0 Å². The molecule has 0 unspecified atom stereocenters. The van der Waals surface area contributed by atoms with Gasteiger partial charge in [0.05, 0.1) is 17.1 Å². The summed E-state index contributed by atoms with van der Waals surface area (Å²) in [5, 5.41) is 9.52. The zero-order valence-electron chi connectivity index (χ0n) is 12.0. The molecule has 0 saturated heterocycles. The van der Waals surface area contributed by atoms with Crippen molar-refractivity contribution in [1.29, 1.82) is 0 Å². The number of thiazole rings is 2. The van der Waals surface area contributed by atoms with Crippen molar-refractivity contribution in [2.24, 2.45) is 0 Å². The Labute approximate surface area is 145 Å². The zero-order chi connectivity index (χ0) is 16.2. The van der Waals surface area contributed by atoms with E-state index in [1.54, 1.807) is 24.5 Å². The van der Waals surface area contributed by atoms with Gasteiger partial charge in [-0.2, -0.15) is 0 Å². The van der Waals surface area contributed by atoms with Crippen LogP contribution in [0.3, 0.4) is 0 Å². The number of nitrogens with one attached hydrogen (secondary N) is 2. The summed E-state index contributed by atoms with van der Waals surface area (Å²) in [6.45, 7) is 1.94. The Bertz CT molecular complexity index is 815. The second-order valence-corrected chi connectivity index (χ2v) is 7.16. The number of carbonyl (C=O) groups is 1. The molecule has 9 heteroatoms. The fourth-order valence-electron chi connectivity index (χ4n) is 1.75. The third-order valence-corrected chi connectivity index (χ3v) is 4.58. The normalized spacial score (nSPS) is 10.5. The van der Waals surface area contributed by atoms with Gasteiger partial charge in [0.15, 0.2) is 10.3 Å². The van der Waals surface area contributed by atoms with E-state index in [9.17, 15) is 4.79 Å². The second-order valence-electron chi connectivity index (χ2n) is 4.63. The van der Waals surface area contributed by atoms with Gasteiger partial charge in [0.2, 0.25) is 5.91 Å². The van der Waals surface area contributed by atoms with Gasteiger partial charge in [-0.3, -0.25) is 4.79 Å². The number of nitrogens with zero attached hydrogens (tertiary/aromatic N) is 3. The van der Waals surface area contributed by atoms with Crippen molar-refractivity contribution in [2.45, 2.75) is 13.3 Å². The summed E-state index contributed by atoms with van der Waals surface area (Å²) in [6, 6.07) is 3.51. The van der Waals surface area contributed by atoms with Crippen LogP contribution < -0.4 is 10.6 Å². The minimum Gasteiger partial charge on any atom is -0.316 e. The van der Waals surface area contributed by atoms with Crippen LogP contribution in [0, 0.1) is 6.92 Å². The van der Waals surface area contributed by atoms with Gasteiger partial charge in [0.1, 0.15) is 5.82 Å². The summed E-state index contributed by atoms with van der Waals surface area (Å²) >= 11 is 8.65. The lowest BCUT2D eigenvalue weighted by Gasteiger charge is -2.01. The first-order valence-electron chi connectivity index (χ1n) is 6.64. The van der Waals surface area contributed by atoms with Crippen LogP contribution in [0.15, 0.2) is 29.9 Å². The van der Waals surface area contributed by atoms with E-state index in [1.165, 1.54) is 22.7 Å². The molecule has 6 nitrogen and oxygen atoms in total. The summed E-state index contributed by atoms with van der Waals surface area (Å²) in [6.07, 6.45) is 3.48. The SMILES string of the molecule is Cc1cnc(NC(=O)Cc2csc(Nc3ccc(Cl)cn3)n2)s1. The quantitative estimate of drug-likeness (QED) is 0.717. The first-order chi connectivity index (χ1) is 11.1. The summed E-state index contributed by atoms with van der Waals surface area (Å²) in [7, 11) is 0. The molecule has 1 amide bonds. The third kappa shape index (κ3) is 4.47. The monoisotopic (exact) mass is 365 g/mol. The highest BCUT2D eigenvalue weighted by Gasteiger charge is 2.10.